The van der Waals surface area contributed by atoms with Crippen LogP contribution in [0, 0.1) is 11.6 Å². The summed E-state index contributed by atoms with van der Waals surface area (Å²) >= 11 is 0. The van der Waals surface area contributed by atoms with E-state index >= 15 is 0 Å². The van der Waals surface area contributed by atoms with E-state index in [1.165, 1.54) is 18.2 Å². The van der Waals surface area contributed by atoms with Crippen LogP contribution in [-0.4, -0.2) is 24.0 Å². The summed E-state index contributed by atoms with van der Waals surface area (Å²) < 4.78 is 26.8. The Morgan fingerprint density at radius 2 is 1.94 bits per heavy atom. The van der Waals surface area contributed by atoms with Gasteiger partial charge in [0.15, 0.2) is 0 Å². The van der Waals surface area contributed by atoms with Gasteiger partial charge in [-0.05, 0) is 31.5 Å². The number of piperidine rings is 1. The zero-order valence-corrected chi connectivity index (χ0v) is 10.4. The molecule has 96 valence electrons. The SMILES string of the molecule is Cl.NC1CCCN(Cc2c(F)cccc2F)C1. The Hall–Kier alpha value is -0.710. The second kappa shape index (κ2) is 6.28. The first-order valence-electron chi connectivity index (χ1n) is 5.57. The number of halogens is 3. The molecule has 2 N–H and O–H groups in total. The van der Waals surface area contributed by atoms with Gasteiger partial charge < -0.3 is 5.73 Å². The van der Waals surface area contributed by atoms with Gasteiger partial charge in [-0.1, -0.05) is 6.07 Å². The molecule has 1 heterocycles. The van der Waals surface area contributed by atoms with Crippen LogP contribution >= 0.6 is 12.4 Å². The normalized spacial score (nSPS) is 21.0. The predicted molar refractivity (Wildman–Crippen MR) is 66.1 cm³/mol. The maximum atomic E-state index is 13.4. The van der Waals surface area contributed by atoms with Crippen molar-refractivity contribution in [3.63, 3.8) is 0 Å². The highest BCUT2D eigenvalue weighted by Gasteiger charge is 2.19. The van der Waals surface area contributed by atoms with E-state index in [2.05, 4.69) is 0 Å². The molecule has 2 nitrogen and oxygen atoms in total. The molecule has 0 aliphatic carbocycles. The van der Waals surface area contributed by atoms with Crippen LogP contribution in [0.2, 0.25) is 0 Å². The van der Waals surface area contributed by atoms with Crippen LogP contribution in [0.1, 0.15) is 18.4 Å². The monoisotopic (exact) mass is 262 g/mol. The molecule has 1 unspecified atom stereocenters. The number of nitrogens with two attached hydrogens (primary N) is 1. The standard InChI is InChI=1S/C12H16F2N2.ClH/c13-11-4-1-5-12(14)10(11)8-16-6-2-3-9(15)7-16;/h1,4-5,9H,2-3,6-8,15H2;1H. The number of nitrogens with zero attached hydrogens (tertiary/aromatic N) is 1. The smallest absolute Gasteiger partial charge is 0.130 e. The lowest BCUT2D eigenvalue weighted by Crippen LogP contribution is -2.42. The highest BCUT2D eigenvalue weighted by Crippen LogP contribution is 2.17. The number of hydrogen-bond donors (Lipinski definition) is 1. The minimum atomic E-state index is -0.473. The summed E-state index contributed by atoms with van der Waals surface area (Å²) in [5.74, 6) is -0.946. The van der Waals surface area contributed by atoms with Gasteiger partial charge in [-0.3, -0.25) is 4.90 Å². The van der Waals surface area contributed by atoms with Crippen LogP contribution in [-0.2, 0) is 6.54 Å². The van der Waals surface area contributed by atoms with Crippen molar-refractivity contribution in [2.75, 3.05) is 13.1 Å². The summed E-state index contributed by atoms with van der Waals surface area (Å²) in [5.41, 5.74) is 5.98. The minimum Gasteiger partial charge on any atom is -0.327 e. The molecule has 1 aromatic rings. The largest absolute Gasteiger partial charge is 0.327 e. The first-order valence-corrected chi connectivity index (χ1v) is 5.57. The average Bonchev–Trinajstić information content (AvgIpc) is 2.24. The molecule has 1 atom stereocenters. The number of likely N-dealkylation sites (tertiary alicyclic amines) is 1. The Morgan fingerprint density at radius 1 is 1.29 bits per heavy atom. The lowest BCUT2D eigenvalue weighted by molar-refractivity contribution is 0.197. The molecular weight excluding hydrogens is 246 g/mol. The fourth-order valence-corrected chi connectivity index (χ4v) is 2.14. The minimum absolute atomic E-state index is 0. The summed E-state index contributed by atoms with van der Waals surface area (Å²) in [7, 11) is 0. The summed E-state index contributed by atoms with van der Waals surface area (Å²) in [6.45, 7) is 1.89. The first kappa shape index (κ1) is 14.4. The van der Waals surface area contributed by atoms with Crippen LogP contribution in [0.4, 0.5) is 8.78 Å². The molecule has 2 rings (SSSR count). The summed E-state index contributed by atoms with van der Waals surface area (Å²) in [5, 5.41) is 0. The Morgan fingerprint density at radius 3 is 2.53 bits per heavy atom. The number of benzene rings is 1. The zero-order chi connectivity index (χ0) is 11.5. The summed E-state index contributed by atoms with van der Waals surface area (Å²) in [6.07, 6.45) is 1.99. The Kier molecular flexibility index (Phi) is 5.31. The molecule has 0 saturated carbocycles. The highest BCUT2D eigenvalue weighted by atomic mass is 35.5. The quantitative estimate of drug-likeness (QED) is 0.886. The van der Waals surface area contributed by atoms with Gasteiger partial charge >= 0.3 is 0 Å². The molecule has 1 aliphatic heterocycles. The van der Waals surface area contributed by atoms with Gasteiger partial charge in [0.2, 0.25) is 0 Å². The maximum Gasteiger partial charge on any atom is 0.130 e. The molecule has 0 spiro atoms. The van der Waals surface area contributed by atoms with Crippen molar-refractivity contribution < 1.29 is 8.78 Å². The lowest BCUT2D eigenvalue weighted by atomic mass is 10.1. The van der Waals surface area contributed by atoms with E-state index in [1.54, 1.807) is 0 Å². The third-order valence-corrected chi connectivity index (χ3v) is 2.99. The van der Waals surface area contributed by atoms with Crippen LogP contribution in [0.3, 0.4) is 0 Å². The van der Waals surface area contributed by atoms with Crippen molar-refractivity contribution in [2.24, 2.45) is 5.73 Å². The molecule has 0 bridgehead atoms. The molecule has 17 heavy (non-hydrogen) atoms. The summed E-state index contributed by atoms with van der Waals surface area (Å²) in [4.78, 5) is 2.01. The second-order valence-corrected chi connectivity index (χ2v) is 4.34. The number of rotatable bonds is 2. The highest BCUT2D eigenvalue weighted by molar-refractivity contribution is 5.85. The van der Waals surface area contributed by atoms with E-state index < -0.39 is 11.6 Å². The van der Waals surface area contributed by atoms with Crippen LogP contribution < -0.4 is 5.73 Å². The molecule has 1 aromatic carbocycles. The van der Waals surface area contributed by atoms with Crippen LogP contribution in [0.25, 0.3) is 0 Å². The second-order valence-electron chi connectivity index (χ2n) is 4.34. The zero-order valence-electron chi connectivity index (χ0n) is 9.53. The molecule has 5 heteroatoms. The average molecular weight is 263 g/mol. The van der Waals surface area contributed by atoms with E-state index in [4.69, 9.17) is 5.73 Å². The van der Waals surface area contributed by atoms with E-state index in [1.807, 2.05) is 4.90 Å². The lowest BCUT2D eigenvalue weighted by Gasteiger charge is -2.30. The molecule has 0 radical (unpaired) electrons. The topological polar surface area (TPSA) is 29.3 Å². The third kappa shape index (κ3) is 3.63. The number of hydrogen-bond acceptors (Lipinski definition) is 2. The van der Waals surface area contributed by atoms with Crippen LogP contribution in [0.5, 0.6) is 0 Å². The van der Waals surface area contributed by atoms with E-state index in [0.717, 1.165) is 19.4 Å². The van der Waals surface area contributed by atoms with Crippen molar-refractivity contribution >= 4 is 12.4 Å². The van der Waals surface area contributed by atoms with Crippen molar-refractivity contribution in [1.82, 2.24) is 4.90 Å². The fourth-order valence-electron chi connectivity index (χ4n) is 2.14. The Labute approximate surface area is 106 Å². The van der Waals surface area contributed by atoms with Gasteiger partial charge in [-0.15, -0.1) is 12.4 Å². The predicted octanol–water partition coefficient (Wildman–Crippen LogP) is 2.31. The van der Waals surface area contributed by atoms with Gasteiger partial charge in [0.25, 0.3) is 0 Å². The van der Waals surface area contributed by atoms with Gasteiger partial charge in [-0.2, -0.15) is 0 Å². The van der Waals surface area contributed by atoms with Gasteiger partial charge in [-0.25, -0.2) is 8.78 Å². The van der Waals surface area contributed by atoms with Gasteiger partial charge in [0, 0.05) is 24.7 Å². The molecule has 0 aromatic heterocycles. The first-order chi connectivity index (χ1) is 7.66. The molecular formula is C12H17ClF2N2. The van der Waals surface area contributed by atoms with E-state index in [0.29, 0.717) is 13.1 Å². The Bertz CT molecular complexity index is 353. The van der Waals surface area contributed by atoms with Crippen molar-refractivity contribution in [2.45, 2.75) is 25.4 Å². The molecule has 0 amide bonds. The van der Waals surface area contributed by atoms with E-state index in [9.17, 15) is 8.78 Å². The summed E-state index contributed by atoms with van der Waals surface area (Å²) in [6, 6.07) is 4.10. The van der Waals surface area contributed by atoms with E-state index in [-0.39, 0.29) is 24.0 Å². The molecule has 1 aliphatic rings. The maximum absolute atomic E-state index is 13.4. The Balaban J connectivity index is 0.00000144. The van der Waals surface area contributed by atoms with Gasteiger partial charge in [0.05, 0.1) is 0 Å². The fraction of sp³-hybridized carbons (Fsp3) is 0.500. The van der Waals surface area contributed by atoms with Crippen molar-refractivity contribution in [3.05, 3.63) is 35.4 Å². The van der Waals surface area contributed by atoms with Gasteiger partial charge in [0.1, 0.15) is 11.6 Å². The third-order valence-electron chi connectivity index (χ3n) is 2.99. The molecule has 1 saturated heterocycles. The molecule has 1 fully saturated rings. The van der Waals surface area contributed by atoms with Crippen molar-refractivity contribution in [1.29, 1.82) is 0 Å². The van der Waals surface area contributed by atoms with Crippen molar-refractivity contribution in [3.8, 4) is 0 Å². The van der Waals surface area contributed by atoms with Crippen LogP contribution in [0.15, 0.2) is 18.2 Å².